The summed E-state index contributed by atoms with van der Waals surface area (Å²) < 4.78 is 10.1. The lowest BCUT2D eigenvalue weighted by atomic mass is 10.1. The predicted molar refractivity (Wildman–Crippen MR) is 88.8 cm³/mol. The number of hydrogen-bond acceptors (Lipinski definition) is 4. The Kier molecular flexibility index (Phi) is 5.64. The molecule has 0 fully saturated rings. The van der Waals surface area contributed by atoms with Crippen LogP contribution in [0.3, 0.4) is 0 Å². The topological polar surface area (TPSA) is 52.6 Å². The fourth-order valence-corrected chi connectivity index (χ4v) is 2.41. The summed E-state index contributed by atoms with van der Waals surface area (Å²) in [6.07, 6.45) is 0. The van der Waals surface area contributed by atoms with Crippen LogP contribution in [0, 0.1) is 6.92 Å². The number of halogens is 2. The number of rotatable bonds is 5. The fraction of sp³-hybridized carbons (Fsp3) is 0.176. The highest BCUT2D eigenvalue weighted by molar-refractivity contribution is 6.37. The lowest BCUT2D eigenvalue weighted by Crippen LogP contribution is -2.15. The van der Waals surface area contributed by atoms with Gasteiger partial charge in [-0.15, -0.1) is 0 Å². The summed E-state index contributed by atoms with van der Waals surface area (Å²) in [6.45, 7) is 1.52. The molecule has 0 saturated heterocycles. The van der Waals surface area contributed by atoms with E-state index in [9.17, 15) is 9.59 Å². The smallest absolute Gasteiger partial charge is 0.343 e. The van der Waals surface area contributed by atoms with E-state index in [1.807, 2.05) is 19.1 Å². The van der Waals surface area contributed by atoms with Gasteiger partial charge in [0.1, 0.15) is 5.56 Å². The highest BCUT2D eigenvalue weighted by Crippen LogP contribution is 2.34. The van der Waals surface area contributed by atoms with Crippen molar-refractivity contribution in [1.29, 1.82) is 0 Å². The average molecular weight is 353 g/mol. The van der Waals surface area contributed by atoms with Crippen LogP contribution in [0.5, 0.6) is 5.75 Å². The van der Waals surface area contributed by atoms with E-state index in [4.69, 9.17) is 32.7 Å². The Labute approximate surface area is 143 Å². The van der Waals surface area contributed by atoms with E-state index in [0.717, 1.165) is 5.56 Å². The maximum Gasteiger partial charge on any atom is 0.343 e. The molecule has 0 bridgehead atoms. The Hall–Kier alpha value is -2.04. The summed E-state index contributed by atoms with van der Waals surface area (Å²) in [5, 5.41) is 0.368. The van der Waals surface area contributed by atoms with E-state index in [2.05, 4.69) is 0 Å². The summed E-state index contributed by atoms with van der Waals surface area (Å²) in [5.41, 5.74) is 1.50. The molecule has 23 heavy (non-hydrogen) atoms. The Balaban J connectivity index is 2.13. The first-order chi connectivity index (χ1) is 10.9. The molecule has 2 rings (SSSR count). The molecule has 0 heterocycles. The minimum Gasteiger partial charge on any atom is -0.494 e. The van der Waals surface area contributed by atoms with Crippen LogP contribution in [0.1, 0.15) is 26.3 Å². The number of carbonyl (C=O) groups excluding carboxylic acids is 2. The number of aryl methyl sites for hydroxylation is 1. The Bertz CT molecular complexity index is 739. The lowest BCUT2D eigenvalue weighted by Gasteiger charge is -2.11. The molecule has 0 aromatic heterocycles. The number of ketones is 1. The molecular weight excluding hydrogens is 339 g/mol. The van der Waals surface area contributed by atoms with Gasteiger partial charge in [0.25, 0.3) is 0 Å². The van der Waals surface area contributed by atoms with Gasteiger partial charge in [0.15, 0.2) is 18.1 Å². The van der Waals surface area contributed by atoms with Gasteiger partial charge in [-0.25, -0.2) is 4.79 Å². The number of esters is 1. The third kappa shape index (κ3) is 4.03. The third-order valence-corrected chi connectivity index (χ3v) is 3.79. The fourth-order valence-electron chi connectivity index (χ4n) is 1.95. The van der Waals surface area contributed by atoms with Gasteiger partial charge in [0.2, 0.25) is 0 Å². The predicted octanol–water partition coefficient (Wildman–Crippen LogP) is 4.35. The van der Waals surface area contributed by atoms with Crippen molar-refractivity contribution in [2.75, 3.05) is 13.7 Å². The molecule has 0 radical (unpaired) electrons. The molecule has 2 aromatic rings. The molecule has 0 atom stereocenters. The highest BCUT2D eigenvalue weighted by atomic mass is 35.5. The van der Waals surface area contributed by atoms with Crippen LogP contribution < -0.4 is 4.74 Å². The van der Waals surface area contributed by atoms with Crippen LogP contribution in [-0.4, -0.2) is 25.5 Å². The first-order valence-corrected chi connectivity index (χ1v) is 7.48. The van der Waals surface area contributed by atoms with Gasteiger partial charge in [-0.05, 0) is 19.1 Å². The summed E-state index contributed by atoms with van der Waals surface area (Å²) in [4.78, 5) is 24.2. The minimum atomic E-state index is -0.769. The number of hydrogen-bond donors (Lipinski definition) is 0. The zero-order chi connectivity index (χ0) is 17.0. The zero-order valence-electron chi connectivity index (χ0n) is 12.6. The van der Waals surface area contributed by atoms with Crippen molar-refractivity contribution < 1.29 is 19.1 Å². The van der Waals surface area contributed by atoms with Gasteiger partial charge in [-0.2, -0.15) is 0 Å². The molecule has 0 aliphatic carbocycles. The molecule has 4 nitrogen and oxygen atoms in total. The third-order valence-electron chi connectivity index (χ3n) is 3.17. The number of carbonyl (C=O) groups is 2. The molecule has 6 heteroatoms. The molecule has 0 N–H and O–H groups in total. The summed E-state index contributed by atoms with van der Waals surface area (Å²) in [5.74, 6) is -0.961. The van der Waals surface area contributed by atoms with Crippen LogP contribution >= 0.6 is 23.2 Å². The van der Waals surface area contributed by atoms with Crippen molar-refractivity contribution in [2.24, 2.45) is 0 Å². The number of methoxy groups -OCH3 is 1. The molecule has 0 unspecified atom stereocenters. The van der Waals surface area contributed by atoms with Crippen molar-refractivity contribution in [1.82, 2.24) is 0 Å². The Morgan fingerprint density at radius 2 is 1.61 bits per heavy atom. The lowest BCUT2D eigenvalue weighted by molar-refractivity contribution is 0.0472. The average Bonchev–Trinajstić information content (AvgIpc) is 2.54. The van der Waals surface area contributed by atoms with Crippen molar-refractivity contribution >= 4 is 35.0 Å². The molecule has 2 aromatic carbocycles. The summed E-state index contributed by atoms with van der Waals surface area (Å²) in [7, 11) is 1.37. The first-order valence-electron chi connectivity index (χ1n) is 6.73. The summed E-state index contributed by atoms with van der Waals surface area (Å²) in [6, 6.07) is 9.95. The maximum atomic E-state index is 12.2. The molecular formula is C17H14Cl2O4. The molecule has 0 spiro atoms. The van der Waals surface area contributed by atoms with Gasteiger partial charge in [0.05, 0.1) is 17.2 Å². The van der Waals surface area contributed by atoms with Crippen molar-refractivity contribution in [3.8, 4) is 5.75 Å². The van der Waals surface area contributed by atoms with Crippen molar-refractivity contribution in [3.05, 3.63) is 63.1 Å². The van der Waals surface area contributed by atoms with Gasteiger partial charge >= 0.3 is 5.97 Å². The van der Waals surface area contributed by atoms with E-state index < -0.39 is 12.6 Å². The minimum absolute atomic E-state index is 0.00151. The Morgan fingerprint density at radius 1 is 1.00 bits per heavy atom. The molecule has 0 aliphatic heterocycles. The number of benzene rings is 2. The molecule has 0 amide bonds. The van der Waals surface area contributed by atoms with E-state index in [0.29, 0.717) is 5.56 Å². The van der Waals surface area contributed by atoms with Gasteiger partial charge in [-0.1, -0.05) is 53.0 Å². The van der Waals surface area contributed by atoms with Crippen molar-refractivity contribution in [2.45, 2.75) is 6.92 Å². The Morgan fingerprint density at radius 3 is 2.22 bits per heavy atom. The van der Waals surface area contributed by atoms with Gasteiger partial charge in [-0.3, -0.25) is 4.79 Å². The quantitative estimate of drug-likeness (QED) is 0.592. The SMILES string of the molecule is COc1c(Cl)ccc(Cl)c1C(=O)OCC(=O)c1ccc(C)cc1. The molecule has 120 valence electrons. The van der Waals surface area contributed by atoms with Crippen LogP contribution in [0.2, 0.25) is 10.0 Å². The zero-order valence-corrected chi connectivity index (χ0v) is 14.1. The van der Waals surface area contributed by atoms with Crippen LogP contribution in [0.15, 0.2) is 36.4 Å². The standard InChI is InChI=1S/C17H14Cl2O4/c1-10-3-5-11(6-4-10)14(20)9-23-17(21)15-12(18)7-8-13(19)16(15)22-2/h3-8H,9H2,1-2H3. The number of ether oxygens (including phenoxy) is 2. The normalized spacial score (nSPS) is 10.3. The monoisotopic (exact) mass is 352 g/mol. The summed E-state index contributed by atoms with van der Waals surface area (Å²) >= 11 is 12.0. The second kappa shape index (κ2) is 7.49. The van der Waals surface area contributed by atoms with Crippen LogP contribution in [-0.2, 0) is 4.74 Å². The van der Waals surface area contributed by atoms with Crippen LogP contribution in [0.25, 0.3) is 0 Å². The van der Waals surface area contributed by atoms with Crippen molar-refractivity contribution in [3.63, 3.8) is 0 Å². The second-order valence-corrected chi connectivity index (χ2v) is 5.62. The van der Waals surface area contributed by atoms with Crippen LogP contribution in [0.4, 0.5) is 0 Å². The van der Waals surface area contributed by atoms with E-state index >= 15 is 0 Å². The largest absolute Gasteiger partial charge is 0.494 e. The number of Topliss-reactive ketones (excluding diaryl/α,β-unsaturated/α-hetero) is 1. The van der Waals surface area contributed by atoms with Gasteiger partial charge < -0.3 is 9.47 Å². The van der Waals surface area contributed by atoms with E-state index in [-0.39, 0.29) is 27.1 Å². The molecule has 0 saturated carbocycles. The second-order valence-electron chi connectivity index (χ2n) is 4.80. The van der Waals surface area contributed by atoms with Gasteiger partial charge in [0, 0.05) is 5.56 Å². The molecule has 0 aliphatic rings. The first kappa shape index (κ1) is 17.3. The maximum absolute atomic E-state index is 12.2. The highest BCUT2D eigenvalue weighted by Gasteiger charge is 2.21. The van der Waals surface area contributed by atoms with E-state index in [1.54, 1.807) is 12.1 Å². The van der Waals surface area contributed by atoms with E-state index in [1.165, 1.54) is 19.2 Å².